The highest BCUT2D eigenvalue weighted by Crippen LogP contribution is 2.42. The Kier molecular flexibility index (Phi) is 4.02. The molecule has 0 atom stereocenters. The summed E-state index contributed by atoms with van der Waals surface area (Å²) in [4.78, 5) is 2.41. The fourth-order valence-corrected chi connectivity index (χ4v) is 7.52. The molecule has 0 amide bonds. The lowest BCUT2D eigenvalue weighted by molar-refractivity contribution is 0.593. The van der Waals surface area contributed by atoms with Crippen molar-refractivity contribution in [3.8, 4) is 11.5 Å². The predicted molar refractivity (Wildman–Crippen MR) is 147 cm³/mol. The summed E-state index contributed by atoms with van der Waals surface area (Å²) in [7, 11) is 0. The minimum atomic E-state index is -0.0374. The molecule has 8 rings (SSSR count). The highest BCUT2D eigenvalue weighted by Gasteiger charge is 2.34. The molecule has 0 bridgehead atoms. The Morgan fingerprint density at radius 3 is 1.38 bits per heavy atom. The third kappa shape index (κ3) is 2.70. The van der Waals surface area contributed by atoms with Crippen molar-refractivity contribution in [2.24, 2.45) is 0 Å². The molecular weight excluding hydrogens is 454 g/mol. The second-order valence-electron chi connectivity index (χ2n) is 8.76. The maximum atomic E-state index is 6.36. The highest BCUT2D eigenvalue weighted by molar-refractivity contribution is 8.26. The van der Waals surface area contributed by atoms with Crippen LogP contribution in [0.4, 0.5) is 0 Å². The number of fused-ring (bicyclic) bond motifs is 2. The van der Waals surface area contributed by atoms with Crippen LogP contribution in [-0.2, 0) is 0 Å². The summed E-state index contributed by atoms with van der Waals surface area (Å²) in [5.41, 5.74) is 2.46. The summed E-state index contributed by atoms with van der Waals surface area (Å²) in [6.45, 7) is 0. The van der Waals surface area contributed by atoms with Crippen LogP contribution in [0.2, 0.25) is 0 Å². The zero-order valence-electron chi connectivity index (χ0n) is 18.0. The Bertz CT molecular complexity index is 1570. The van der Waals surface area contributed by atoms with E-state index in [4.69, 9.17) is 9.31 Å². The number of hydrogen-bond donors (Lipinski definition) is 0. The smallest absolute Gasteiger partial charge is 0.467 e. The van der Waals surface area contributed by atoms with Crippen LogP contribution in [0.5, 0.6) is 11.5 Å². The Morgan fingerprint density at radius 1 is 0.471 bits per heavy atom. The van der Waals surface area contributed by atoms with Gasteiger partial charge in [0.1, 0.15) is 11.5 Å². The van der Waals surface area contributed by atoms with E-state index >= 15 is 0 Å². The van der Waals surface area contributed by atoms with Crippen LogP contribution in [0.3, 0.4) is 0 Å². The van der Waals surface area contributed by atoms with Crippen molar-refractivity contribution in [1.82, 2.24) is 0 Å². The average Bonchev–Trinajstić information content (AvgIpc) is 3.51. The lowest BCUT2D eigenvalue weighted by atomic mass is 9.76. The zero-order chi connectivity index (χ0) is 22.2. The maximum absolute atomic E-state index is 6.36. The first kappa shape index (κ1) is 19.1. The summed E-state index contributed by atoms with van der Waals surface area (Å²) in [5.74, 6) is 1.95. The van der Waals surface area contributed by atoms with Gasteiger partial charge in [-0.2, -0.15) is 0 Å². The second kappa shape index (κ2) is 7.14. The summed E-state index contributed by atoms with van der Waals surface area (Å²) >= 11 is 3.58. The van der Waals surface area contributed by atoms with E-state index in [1.807, 2.05) is 12.1 Å². The second-order valence-corrected chi connectivity index (χ2v) is 11.0. The van der Waals surface area contributed by atoms with E-state index < -0.39 is 0 Å². The molecule has 0 N–H and O–H groups in total. The van der Waals surface area contributed by atoms with Gasteiger partial charge in [0.25, 0.3) is 0 Å². The Labute approximate surface area is 206 Å². The summed E-state index contributed by atoms with van der Waals surface area (Å²) in [6.07, 6.45) is -0.0747. The summed E-state index contributed by atoms with van der Waals surface area (Å²) in [6, 6.07) is 34.6. The molecule has 6 aromatic rings. The molecule has 34 heavy (non-hydrogen) atoms. The standard InChI is InChI=1S/C28H16B2O2S2/c1-3-7-25-23(5-1)31-29(33-25)21-15-11-17-10-14-20-22(30-32-24-6-2-4-8-26(24)34-30)16-12-18-9-13-19(21)27(17)28(18)20/h1-16H. The van der Waals surface area contributed by atoms with Crippen LogP contribution in [-0.4, -0.2) is 12.4 Å². The molecule has 158 valence electrons. The molecular formula is C28H16B2O2S2. The van der Waals surface area contributed by atoms with Crippen LogP contribution >= 0.6 is 23.2 Å². The first-order valence-electron chi connectivity index (χ1n) is 11.4. The molecule has 0 aromatic heterocycles. The molecule has 0 radical (unpaired) electrons. The monoisotopic (exact) mass is 470 g/mol. The third-order valence-electron chi connectivity index (χ3n) is 6.87. The van der Waals surface area contributed by atoms with Gasteiger partial charge < -0.3 is 9.31 Å². The highest BCUT2D eigenvalue weighted by atomic mass is 32.2. The van der Waals surface area contributed by atoms with Crippen LogP contribution in [0.25, 0.3) is 32.3 Å². The lowest BCUT2D eigenvalue weighted by Crippen LogP contribution is -2.32. The van der Waals surface area contributed by atoms with Gasteiger partial charge in [-0.05, 0) is 67.5 Å². The molecule has 6 aromatic carbocycles. The Balaban J connectivity index is 1.31. The molecule has 2 aliphatic rings. The molecule has 2 heterocycles. The normalized spacial score (nSPS) is 14.6. The van der Waals surface area contributed by atoms with Crippen molar-refractivity contribution in [3.05, 3.63) is 97.1 Å². The average molecular weight is 470 g/mol. The molecule has 0 saturated heterocycles. The molecule has 2 aliphatic heterocycles. The number of hydrogen-bond acceptors (Lipinski definition) is 4. The van der Waals surface area contributed by atoms with Crippen molar-refractivity contribution in [2.45, 2.75) is 9.79 Å². The lowest BCUT2D eigenvalue weighted by Gasteiger charge is -2.17. The fraction of sp³-hybridized carbons (Fsp3) is 0. The molecule has 0 spiro atoms. The topological polar surface area (TPSA) is 18.5 Å². The number of para-hydroxylation sites is 2. The van der Waals surface area contributed by atoms with Gasteiger partial charge in [-0.1, -0.05) is 72.8 Å². The van der Waals surface area contributed by atoms with Crippen molar-refractivity contribution < 1.29 is 9.31 Å². The van der Waals surface area contributed by atoms with Gasteiger partial charge in [-0.25, -0.2) is 0 Å². The van der Waals surface area contributed by atoms with Crippen molar-refractivity contribution in [2.75, 3.05) is 0 Å². The summed E-state index contributed by atoms with van der Waals surface area (Å²) < 4.78 is 12.7. The van der Waals surface area contributed by atoms with E-state index in [9.17, 15) is 0 Å². The fourth-order valence-electron chi connectivity index (χ4n) is 5.31. The van der Waals surface area contributed by atoms with Crippen LogP contribution in [0.15, 0.2) is 107 Å². The van der Waals surface area contributed by atoms with Crippen LogP contribution < -0.4 is 20.2 Å². The first-order valence-corrected chi connectivity index (χ1v) is 13.1. The molecule has 0 fully saturated rings. The quantitative estimate of drug-likeness (QED) is 0.217. The van der Waals surface area contributed by atoms with E-state index in [0.717, 1.165) is 11.5 Å². The van der Waals surface area contributed by atoms with Crippen molar-refractivity contribution >= 4 is 78.9 Å². The molecule has 0 unspecified atom stereocenters. The van der Waals surface area contributed by atoms with Gasteiger partial charge >= 0.3 is 12.4 Å². The van der Waals surface area contributed by atoms with Crippen molar-refractivity contribution in [1.29, 1.82) is 0 Å². The van der Waals surface area contributed by atoms with Crippen LogP contribution in [0, 0.1) is 0 Å². The van der Waals surface area contributed by atoms with Gasteiger partial charge in [0.2, 0.25) is 0 Å². The van der Waals surface area contributed by atoms with Gasteiger partial charge in [0, 0.05) is 9.79 Å². The SMILES string of the molecule is c1ccc2c(c1)OB(c1ccc3ccc4c(B5Oc6ccccc6S5)ccc5ccc1c3c54)S2. The largest absolute Gasteiger partial charge is 0.546 e. The predicted octanol–water partition coefficient (Wildman–Crippen LogP) is 6.34. The van der Waals surface area contributed by atoms with Crippen LogP contribution in [0.1, 0.15) is 0 Å². The molecule has 2 nitrogen and oxygen atoms in total. The minimum Gasteiger partial charge on any atom is -0.546 e. The maximum Gasteiger partial charge on any atom is 0.467 e. The van der Waals surface area contributed by atoms with Gasteiger partial charge in [0.15, 0.2) is 0 Å². The van der Waals surface area contributed by atoms with Gasteiger partial charge in [0.05, 0.1) is 0 Å². The molecule has 0 aliphatic carbocycles. The first-order chi connectivity index (χ1) is 16.8. The summed E-state index contributed by atoms with van der Waals surface area (Å²) in [5, 5.41) is 7.68. The molecule has 6 heteroatoms. The van der Waals surface area contributed by atoms with E-state index in [2.05, 4.69) is 84.9 Å². The minimum absolute atomic E-state index is 0.0374. The van der Waals surface area contributed by atoms with E-state index in [1.165, 1.54) is 53.0 Å². The van der Waals surface area contributed by atoms with Gasteiger partial charge in [-0.3, -0.25) is 0 Å². The Hall–Kier alpha value is -3.21. The third-order valence-corrected chi connectivity index (χ3v) is 9.19. The van der Waals surface area contributed by atoms with E-state index in [0.29, 0.717) is 0 Å². The van der Waals surface area contributed by atoms with E-state index in [-0.39, 0.29) is 12.4 Å². The zero-order valence-corrected chi connectivity index (χ0v) is 19.7. The number of benzene rings is 6. The number of rotatable bonds is 2. The Morgan fingerprint density at radius 2 is 0.912 bits per heavy atom. The van der Waals surface area contributed by atoms with E-state index in [1.54, 1.807) is 23.2 Å². The molecule has 0 saturated carbocycles. The van der Waals surface area contributed by atoms with Gasteiger partial charge in [-0.15, -0.1) is 23.2 Å². The van der Waals surface area contributed by atoms with Crippen molar-refractivity contribution in [3.63, 3.8) is 0 Å².